The van der Waals surface area contributed by atoms with E-state index in [4.69, 9.17) is 0 Å². The topological polar surface area (TPSA) is 58.2 Å². The van der Waals surface area contributed by atoms with Gasteiger partial charge in [0.25, 0.3) is 0 Å². The van der Waals surface area contributed by atoms with Gasteiger partial charge >= 0.3 is 0 Å². The molecule has 26 heavy (non-hydrogen) atoms. The zero-order chi connectivity index (χ0) is 17.9. The van der Waals surface area contributed by atoms with Gasteiger partial charge < -0.3 is 10.6 Å². The first-order valence-electron chi connectivity index (χ1n) is 10.7. The summed E-state index contributed by atoms with van der Waals surface area (Å²) in [5, 5.41) is 6.58. The summed E-state index contributed by atoms with van der Waals surface area (Å²) in [6, 6.07) is 0. The van der Waals surface area contributed by atoms with Crippen molar-refractivity contribution >= 4 is 11.6 Å². The van der Waals surface area contributed by atoms with Crippen molar-refractivity contribution < 1.29 is 9.59 Å². The third-order valence-corrected chi connectivity index (χ3v) is 7.16. The molecule has 0 spiro atoms. The lowest BCUT2D eigenvalue weighted by atomic mass is 9.78. The Kier molecular flexibility index (Phi) is 5.46. The number of ketones is 2. The minimum Gasteiger partial charge on any atom is -0.389 e. The Morgan fingerprint density at radius 1 is 0.692 bits per heavy atom. The predicted molar refractivity (Wildman–Crippen MR) is 102 cm³/mol. The number of nitrogens with one attached hydrogen (secondary N) is 2. The Labute approximate surface area is 156 Å². The lowest BCUT2D eigenvalue weighted by Gasteiger charge is -2.26. The van der Waals surface area contributed by atoms with Crippen molar-refractivity contribution in [3.8, 4) is 0 Å². The van der Waals surface area contributed by atoms with Crippen molar-refractivity contribution in [1.29, 1.82) is 0 Å². The van der Waals surface area contributed by atoms with Gasteiger partial charge in [-0.25, -0.2) is 0 Å². The lowest BCUT2D eigenvalue weighted by molar-refractivity contribution is -0.122. The molecule has 0 aromatic heterocycles. The number of fused-ring (bicyclic) bond motifs is 2. The smallest absolute Gasteiger partial charge is 0.163 e. The second kappa shape index (κ2) is 7.98. The number of rotatable bonds is 5. The molecule has 0 aromatic carbocycles. The Bertz CT molecular complexity index is 568. The van der Waals surface area contributed by atoms with Crippen LogP contribution in [0.2, 0.25) is 0 Å². The summed E-state index contributed by atoms with van der Waals surface area (Å²) in [5.41, 5.74) is 1.97. The highest BCUT2D eigenvalue weighted by molar-refractivity contribution is 5.98. The van der Waals surface area contributed by atoms with Crippen LogP contribution in [-0.4, -0.2) is 24.7 Å². The molecule has 4 aliphatic rings. The van der Waals surface area contributed by atoms with Crippen molar-refractivity contribution in [2.75, 3.05) is 13.1 Å². The maximum Gasteiger partial charge on any atom is 0.163 e. The molecule has 0 aliphatic heterocycles. The minimum absolute atomic E-state index is 0.302. The summed E-state index contributed by atoms with van der Waals surface area (Å²) in [4.78, 5) is 25.0. The van der Waals surface area contributed by atoms with E-state index in [1.165, 1.54) is 38.5 Å². The third kappa shape index (κ3) is 3.60. The molecule has 0 radical (unpaired) electrons. The number of allylic oxidation sites excluding steroid dienone is 2. The SMILES string of the molecule is O=C1/C(=C\NCCN/C=C2/CCC3CCCC3C2=O)CCC2CCCC12. The number of carbonyl (C=O) groups excluding carboxylic acids is 2. The fourth-order valence-electron chi connectivity index (χ4n) is 5.68. The van der Waals surface area contributed by atoms with Crippen LogP contribution in [0.15, 0.2) is 23.5 Å². The Morgan fingerprint density at radius 2 is 1.15 bits per heavy atom. The molecule has 0 amide bonds. The van der Waals surface area contributed by atoms with Gasteiger partial charge in [0.05, 0.1) is 0 Å². The number of carbonyl (C=O) groups is 2. The van der Waals surface area contributed by atoms with Crippen LogP contribution in [0.25, 0.3) is 0 Å². The first-order chi connectivity index (χ1) is 12.7. The Balaban J connectivity index is 1.20. The zero-order valence-corrected chi connectivity index (χ0v) is 15.8. The summed E-state index contributed by atoms with van der Waals surface area (Å²) in [6.45, 7) is 1.55. The summed E-state index contributed by atoms with van der Waals surface area (Å²) >= 11 is 0. The monoisotopic (exact) mass is 356 g/mol. The molecule has 2 N–H and O–H groups in total. The van der Waals surface area contributed by atoms with Crippen molar-refractivity contribution in [1.82, 2.24) is 10.6 Å². The first kappa shape index (κ1) is 17.8. The van der Waals surface area contributed by atoms with E-state index in [1.807, 2.05) is 12.4 Å². The molecule has 4 atom stereocenters. The standard InChI is InChI=1S/C22H32N2O2/c25-21-17(9-7-15-3-1-5-19(15)21)13-23-11-12-24-14-18-10-8-16-4-2-6-20(16)22(18)26/h13-16,19-20,23-24H,1-12H2/b17-13-,18-14-. The maximum absolute atomic E-state index is 12.5. The average molecular weight is 357 g/mol. The highest BCUT2D eigenvalue weighted by Gasteiger charge is 2.38. The highest BCUT2D eigenvalue weighted by atomic mass is 16.1. The van der Waals surface area contributed by atoms with Crippen LogP contribution >= 0.6 is 0 Å². The van der Waals surface area contributed by atoms with Crippen LogP contribution in [0.3, 0.4) is 0 Å². The van der Waals surface area contributed by atoms with E-state index < -0.39 is 0 Å². The minimum atomic E-state index is 0.302. The van der Waals surface area contributed by atoms with E-state index in [9.17, 15) is 9.59 Å². The van der Waals surface area contributed by atoms with Gasteiger partial charge in [-0.05, 0) is 63.2 Å². The first-order valence-corrected chi connectivity index (χ1v) is 10.7. The molecule has 0 bridgehead atoms. The van der Waals surface area contributed by atoms with E-state index >= 15 is 0 Å². The molecule has 4 rings (SSSR count). The summed E-state index contributed by atoms with van der Waals surface area (Å²) in [5.74, 6) is 2.69. The van der Waals surface area contributed by atoms with Gasteiger partial charge in [0.2, 0.25) is 0 Å². The van der Waals surface area contributed by atoms with Gasteiger partial charge in [0.1, 0.15) is 0 Å². The second-order valence-corrected chi connectivity index (χ2v) is 8.65. The molecular weight excluding hydrogens is 324 g/mol. The molecule has 4 heteroatoms. The fourth-order valence-corrected chi connectivity index (χ4v) is 5.68. The summed E-state index contributed by atoms with van der Waals surface area (Å²) in [6.07, 6.45) is 15.2. The van der Waals surface area contributed by atoms with Crippen molar-refractivity contribution in [2.45, 2.75) is 64.2 Å². The second-order valence-electron chi connectivity index (χ2n) is 8.65. The quantitative estimate of drug-likeness (QED) is 0.585. The van der Waals surface area contributed by atoms with Crippen molar-refractivity contribution in [2.24, 2.45) is 23.7 Å². The van der Waals surface area contributed by atoms with E-state index in [-0.39, 0.29) is 0 Å². The molecule has 4 fully saturated rings. The average Bonchev–Trinajstić information content (AvgIpc) is 3.31. The van der Waals surface area contributed by atoms with Crippen LogP contribution in [0.5, 0.6) is 0 Å². The zero-order valence-electron chi connectivity index (χ0n) is 15.8. The van der Waals surface area contributed by atoms with Gasteiger partial charge in [0, 0.05) is 48.5 Å². The molecule has 4 saturated carbocycles. The maximum atomic E-state index is 12.5. The number of hydrogen-bond donors (Lipinski definition) is 2. The molecule has 0 saturated heterocycles. The van der Waals surface area contributed by atoms with E-state index in [2.05, 4.69) is 10.6 Å². The Hall–Kier alpha value is -1.58. The lowest BCUT2D eigenvalue weighted by Crippen LogP contribution is -2.29. The molecule has 4 nitrogen and oxygen atoms in total. The fraction of sp³-hybridized carbons (Fsp3) is 0.727. The van der Waals surface area contributed by atoms with E-state index in [1.54, 1.807) is 0 Å². The van der Waals surface area contributed by atoms with E-state index in [0.29, 0.717) is 35.2 Å². The Morgan fingerprint density at radius 3 is 1.62 bits per heavy atom. The molecule has 0 aromatic rings. The number of Topliss-reactive ketones (excluding diaryl/α,β-unsaturated/α-hetero) is 2. The summed E-state index contributed by atoms with van der Waals surface area (Å²) < 4.78 is 0. The van der Waals surface area contributed by atoms with Gasteiger partial charge in [0.15, 0.2) is 11.6 Å². The molecule has 4 aliphatic carbocycles. The van der Waals surface area contributed by atoms with Gasteiger partial charge in [-0.1, -0.05) is 12.8 Å². The van der Waals surface area contributed by atoms with Crippen LogP contribution < -0.4 is 10.6 Å². The van der Waals surface area contributed by atoms with Gasteiger partial charge in [-0.3, -0.25) is 9.59 Å². The van der Waals surface area contributed by atoms with Crippen LogP contribution in [0.4, 0.5) is 0 Å². The van der Waals surface area contributed by atoms with Crippen molar-refractivity contribution in [3.63, 3.8) is 0 Å². The predicted octanol–water partition coefficient (Wildman–Crippen LogP) is 3.49. The summed E-state index contributed by atoms with van der Waals surface area (Å²) in [7, 11) is 0. The van der Waals surface area contributed by atoms with Crippen molar-refractivity contribution in [3.05, 3.63) is 23.5 Å². The molecular formula is C22H32N2O2. The van der Waals surface area contributed by atoms with Crippen LogP contribution in [-0.2, 0) is 9.59 Å². The van der Waals surface area contributed by atoms with Crippen LogP contribution in [0.1, 0.15) is 64.2 Å². The molecule has 142 valence electrons. The third-order valence-electron chi connectivity index (χ3n) is 7.16. The number of hydrogen-bond acceptors (Lipinski definition) is 4. The largest absolute Gasteiger partial charge is 0.389 e. The van der Waals surface area contributed by atoms with Crippen LogP contribution in [0, 0.1) is 23.7 Å². The highest BCUT2D eigenvalue weighted by Crippen LogP contribution is 2.42. The van der Waals surface area contributed by atoms with Gasteiger partial charge in [-0.2, -0.15) is 0 Å². The molecule has 0 heterocycles. The van der Waals surface area contributed by atoms with E-state index in [0.717, 1.165) is 49.9 Å². The molecule has 4 unspecified atom stereocenters. The van der Waals surface area contributed by atoms with Gasteiger partial charge in [-0.15, -0.1) is 0 Å². The normalized spacial score (nSPS) is 37.1.